The van der Waals surface area contributed by atoms with E-state index in [2.05, 4.69) is 9.36 Å². The Kier molecular flexibility index (Phi) is 4.32. The van der Waals surface area contributed by atoms with Crippen molar-refractivity contribution in [2.75, 3.05) is 0 Å². The van der Waals surface area contributed by atoms with E-state index in [0.717, 1.165) is 0 Å². The van der Waals surface area contributed by atoms with Gasteiger partial charge in [0.05, 0.1) is 5.41 Å². The number of primary sulfonamides is 1. The molecule has 0 bridgehead atoms. The van der Waals surface area contributed by atoms with E-state index in [1.54, 1.807) is 45.0 Å². The number of ether oxygens (including phenoxy) is 1. The van der Waals surface area contributed by atoms with Gasteiger partial charge in [0, 0.05) is 5.56 Å². The summed E-state index contributed by atoms with van der Waals surface area (Å²) in [6, 6.07) is 6.47. The topological polar surface area (TPSA) is 112 Å². The molecule has 1 aromatic carbocycles. The lowest BCUT2D eigenvalue weighted by atomic mass is 9.97. The third kappa shape index (κ3) is 3.87. The zero-order valence-corrected chi connectivity index (χ0v) is 13.9. The molecule has 0 aliphatic rings. The Bertz CT molecular complexity index is 789. The van der Waals surface area contributed by atoms with Gasteiger partial charge < -0.3 is 4.74 Å². The monoisotopic (exact) mass is 341 g/mol. The maximum Gasteiger partial charge on any atom is 0.316 e. The van der Waals surface area contributed by atoms with Gasteiger partial charge in [-0.25, -0.2) is 18.5 Å². The van der Waals surface area contributed by atoms with Crippen LogP contribution in [0.4, 0.5) is 0 Å². The van der Waals surface area contributed by atoms with Gasteiger partial charge in [0.2, 0.25) is 4.34 Å². The lowest BCUT2D eigenvalue weighted by Crippen LogP contribution is -2.25. The summed E-state index contributed by atoms with van der Waals surface area (Å²) in [6.07, 6.45) is 0. The highest BCUT2D eigenvalue weighted by Gasteiger charge is 2.23. The van der Waals surface area contributed by atoms with Gasteiger partial charge in [0.15, 0.2) is 5.82 Å². The lowest BCUT2D eigenvalue weighted by Gasteiger charge is -2.16. The number of carbonyl (C=O) groups excluding carboxylic acids is 1. The van der Waals surface area contributed by atoms with E-state index in [-0.39, 0.29) is 16.1 Å². The zero-order chi connectivity index (χ0) is 16.5. The minimum Gasteiger partial charge on any atom is -0.426 e. The Labute approximate surface area is 132 Å². The second kappa shape index (κ2) is 5.75. The summed E-state index contributed by atoms with van der Waals surface area (Å²) in [4.78, 5) is 15.6. The molecule has 2 N–H and O–H groups in total. The smallest absolute Gasteiger partial charge is 0.316 e. The van der Waals surface area contributed by atoms with Crippen molar-refractivity contribution in [1.82, 2.24) is 9.36 Å². The molecule has 0 radical (unpaired) electrons. The van der Waals surface area contributed by atoms with Crippen molar-refractivity contribution in [1.29, 1.82) is 0 Å². The molecule has 9 heteroatoms. The molecule has 1 aromatic heterocycles. The van der Waals surface area contributed by atoms with E-state index in [1.807, 2.05) is 0 Å². The number of rotatable bonds is 3. The van der Waals surface area contributed by atoms with E-state index in [0.29, 0.717) is 22.8 Å². The van der Waals surface area contributed by atoms with Gasteiger partial charge in [-0.3, -0.25) is 4.79 Å². The van der Waals surface area contributed by atoms with Gasteiger partial charge in [0.25, 0.3) is 10.0 Å². The highest BCUT2D eigenvalue weighted by Crippen LogP contribution is 2.24. The summed E-state index contributed by atoms with van der Waals surface area (Å²) in [5.74, 6) is 0.303. The van der Waals surface area contributed by atoms with Crippen LogP contribution in [0.3, 0.4) is 0 Å². The summed E-state index contributed by atoms with van der Waals surface area (Å²) in [7, 11) is -3.85. The fourth-order valence-corrected chi connectivity index (χ4v) is 2.55. The van der Waals surface area contributed by atoms with Crippen molar-refractivity contribution >= 4 is 27.5 Å². The van der Waals surface area contributed by atoms with Crippen LogP contribution in [0, 0.1) is 5.41 Å². The van der Waals surface area contributed by atoms with Crippen LogP contribution in [-0.2, 0) is 14.8 Å². The van der Waals surface area contributed by atoms with Crippen LogP contribution >= 0.6 is 11.5 Å². The standard InChI is InChI=1S/C13H15N3O4S2/c1-13(2,3)11(17)20-9-6-4-8(5-7-9)10-15-12(21-16-10)22(14,18)19/h4-7H,1-3H3,(H2,14,18,19). The molecule has 0 saturated heterocycles. The average molecular weight is 341 g/mol. The Hall–Kier alpha value is -1.84. The lowest BCUT2D eigenvalue weighted by molar-refractivity contribution is -0.142. The Morgan fingerprint density at radius 1 is 1.23 bits per heavy atom. The molecule has 0 aliphatic heterocycles. The molecule has 1 heterocycles. The highest BCUT2D eigenvalue weighted by molar-refractivity contribution is 7.91. The Morgan fingerprint density at radius 2 is 1.82 bits per heavy atom. The predicted octanol–water partition coefficient (Wildman–Crippen LogP) is 1.80. The number of hydrogen-bond donors (Lipinski definition) is 1. The number of benzene rings is 1. The van der Waals surface area contributed by atoms with Crippen LogP contribution in [0.15, 0.2) is 28.6 Å². The summed E-state index contributed by atoms with van der Waals surface area (Å²) in [6.45, 7) is 5.28. The maximum absolute atomic E-state index is 11.8. The zero-order valence-electron chi connectivity index (χ0n) is 12.2. The van der Waals surface area contributed by atoms with E-state index < -0.39 is 15.4 Å². The van der Waals surface area contributed by atoms with Gasteiger partial charge in [-0.1, -0.05) is 0 Å². The van der Waals surface area contributed by atoms with Gasteiger partial charge in [-0.05, 0) is 56.6 Å². The number of carbonyl (C=O) groups is 1. The van der Waals surface area contributed by atoms with Crippen LogP contribution < -0.4 is 9.88 Å². The fraction of sp³-hybridized carbons (Fsp3) is 0.308. The SMILES string of the molecule is CC(C)(C)C(=O)Oc1ccc(-c2nsc(S(N)(=O)=O)n2)cc1. The number of nitrogens with two attached hydrogens (primary N) is 1. The van der Waals surface area contributed by atoms with Crippen molar-refractivity contribution < 1.29 is 17.9 Å². The minimum absolute atomic E-state index is 0.245. The van der Waals surface area contributed by atoms with E-state index in [9.17, 15) is 13.2 Å². The molecule has 118 valence electrons. The number of hydrogen-bond acceptors (Lipinski definition) is 7. The fourth-order valence-electron chi connectivity index (χ4n) is 1.37. The molecule has 2 rings (SSSR count). The van der Waals surface area contributed by atoms with E-state index in [1.165, 1.54) is 0 Å². The molecule has 2 aromatic rings. The second-order valence-electron chi connectivity index (χ2n) is 5.59. The quantitative estimate of drug-likeness (QED) is 0.673. The molecule has 0 saturated carbocycles. The number of sulfonamides is 1. The average Bonchev–Trinajstić information content (AvgIpc) is 2.88. The van der Waals surface area contributed by atoms with Crippen molar-refractivity contribution in [3.63, 3.8) is 0 Å². The molecule has 7 nitrogen and oxygen atoms in total. The molecule has 0 unspecified atom stereocenters. The number of nitrogens with zero attached hydrogens (tertiary/aromatic N) is 2. The predicted molar refractivity (Wildman–Crippen MR) is 81.8 cm³/mol. The summed E-state index contributed by atoms with van der Waals surface area (Å²) >= 11 is 0.710. The molecule has 0 amide bonds. The first-order valence-corrected chi connectivity index (χ1v) is 8.58. The number of esters is 1. The molecule has 0 atom stereocenters. The first kappa shape index (κ1) is 16.5. The first-order chi connectivity index (χ1) is 10.1. The molecule has 0 aliphatic carbocycles. The van der Waals surface area contributed by atoms with Crippen LogP contribution in [0.5, 0.6) is 5.75 Å². The second-order valence-corrected chi connectivity index (χ2v) is 8.08. The Morgan fingerprint density at radius 3 is 2.27 bits per heavy atom. The first-order valence-electron chi connectivity index (χ1n) is 6.26. The molecular weight excluding hydrogens is 326 g/mol. The van der Waals surface area contributed by atoms with Crippen LogP contribution in [0.25, 0.3) is 11.4 Å². The third-order valence-electron chi connectivity index (χ3n) is 2.59. The summed E-state index contributed by atoms with van der Waals surface area (Å²) < 4.78 is 31.3. The van der Waals surface area contributed by atoms with Crippen molar-refractivity contribution in [3.8, 4) is 17.1 Å². The van der Waals surface area contributed by atoms with Crippen LogP contribution in [-0.4, -0.2) is 23.7 Å². The molecule has 22 heavy (non-hydrogen) atoms. The highest BCUT2D eigenvalue weighted by atomic mass is 32.2. The van der Waals surface area contributed by atoms with Crippen molar-refractivity contribution in [3.05, 3.63) is 24.3 Å². The summed E-state index contributed by atoms with van der Waals surface area (Å²) in [5.41, 5.74) is 0.00111. The maximum atomic E-state index is 11.8. The minimum atomic E-state index is -3.85. The Balaban J connectivity index is 2.19. The largest absolute Gasteiger partial charge is 0.426 e. The molecule has 0 fully saturated rings. The molecule has 0 spiro atoms. The normalized spacial score (nSPS) is 12.2. The third-order valence-corrected chi connectivity index (χ3v) is 4.60. The number of aromatic nitrogens is 2. The van der Waals surface area contributed by atoms with Crippen LogP contribution in [0.1, 0.15) is 20.8 Å². The van der Waals surface area contributed by atoms with E-state index >= 15 is 0 Å². The summed E-state index contributed by atoms with van der Waals surface area (Å²) in [5, 5.41) is 4.99. The van der Waals surface area contributed by atoms with Gasteiger partial charge >= 0.3 is 5.97 Å². The van der Waals surface area contributed by atoms with Gasteiger partial charge in [0.1, 0.15) is 5.75 Å². The van der Waals surface area contributed by atoms with Gasteiger partial charge in [-0.15, -0.1) is 0 Å². The van der Waals surface area contributed by atoms with Crippen molar-refractivity contribution in [2.45, 2.75) is 25.1 Å². The molecular formula is C13H15N3O4S2. The van der Waals surface area contributed by atoms with Crippen LogP contribution in [0.2, 0.25) is 0 Å². The van der Waals surface area contributed by atoms with E-state index in [4.69, 9.17) is 9.88 Å². The van der Waals surface area contributed by atoms with Crippen molar-refractivity contribution in [2.24, 2.45) is 10.6 Å². The van der Waals surface area contributed by atoms with Gasteiger partial charge in [-0.2, -0.15) is 4.37 Å².